The van der Waals surface area contributed by atoms with Crippen molar-refractivity contribution in [3.63, 3.8) is 0 Å². The highest BCUT2D eigenvalue weighted by Crippen LogP contribution is 2.39. The van der Waals surface area contributed by atoms with Crippen LogP contribution in [0.4, 0.5) is 0 Å². The van der Waals surface area contributed by atoms with Gasteiger partial charge in [0.25, 0.3) is 0 Å². The van der Waals surface area contributed by atoms with E-state index >= 15 is 0 Å². The monoisotopic (exact) mass is 536 g/mol. The number of amides is 2. The molecule has 1 aliphatic heterocycles. The summed E-state index contributed by atoms with van der Waals surface area (Å²) in [6.07, 6.45) is 6.00. The number of piperidine rings is 1. The van der Waals surface area contributed by atoms with Gasteiger partial charge in [-0.2, -0.15) is 0 Å². The third-order valence-corrected chi connectivity index (χ3v) is 6.09. The Morgan fingerprint density at radius 1 is 1.07 bits per heavy atom. The van der Waals surface area contributed by atoms with Gasteiger partial charge in [0.15, 0.2) is 5.96 Å². The van der Waals surface area contributed by atoms with Crippen LogP contribution in [0.2, 0.25) is 0 Å². The zero-order chi connectivity index (χ0) is 21.4. The summed E-state index contributed by atoms with van der Waals surface area (Å²) in [6.45, 7) is 5.68. The Morgan fingerprint density at radius 2 is 1.67 bits per heavy atom. The molecule has 2 N–H and O–H groups in total. The molecule has 1 saturated heterocycles. The SMILES string of the molecule is CCNC(=NCC1(C(=O)N(C)C)CCCC1)NC1CCN(CC(=O)N(C)C)CC1.I. The molecule has 1 aliphatic carbocycles. The molecule has 2 amide bonds. The number of carbonyl (C=O) groups excluding carboxylic acids is 2. The molecule has 0 radical (unpaired) electrons. The summed E-state index contributed by atoms with van der Waals surface area (Å²) in [4.78, 5) is 35.1. The zero-order valence-corrected chi connectivity index (χ0v) is 21.7. The summed E-state index contributed by atoms with van der Waals surface area (Å²) in [7, 11) is 7.27. The highest BCUT2D eigenvalue weighted by Gasteiger charge is 2.42. The topological polar surface area (TPSA) is 80.3 Å². The number of likely N-dealkylation sites (N-methyl/N-ethyl adjacent to an activating group) is 1. The maximum Gasteiger partial charge on any atom is 0.236 e. The number of halogens is 1. The summed E-state index contributed by atoms with van der Waals surface area (Å²) in [5.74, 6) is 1.15. The number of likely N-dealkylation sites (tertiary alicyclic amines) is 1. The van der Waals surface area contributed by atoms with Crippen molar-refractivity contribution in [2.75, 3.05) is 60.9 Å². The minimum atomic E-state index is -0.345. The largest absolute Gasteiger partial charge is 0.357 e. The minimum Gasteiger partial charge on any atom is -0.357 e. The van der Waals surface area contributed by atoms with Gasteiger partial charge in [-0.1, -0.05) is 12.8 Å². The summed E-state index contributed by atoms with van der Waals surface area (Å²) >= 11 is 0. The Morgan fingerprint density at radius 3 is 2.17 bits per heavy atom. The fourth-order valence-corrected chi connectivity index (χ4v) is 4.28. The van der Waals surface area contributed by atoms with Crippen molar-refractivity contribution in [1.29, 1.82) is 0 Å². The molecule has 9 heteroatoms. The van der Waals surface area contributed by atoms with E-state index in [-0.39, 0.29) is 41.2 Å². The van der Waals surface area contributed by atoms with E-state index in [0.717, 1.165) is 64.1 Å². The van der Waals surface area contributed by atoms with Gasteiger partial charge in [0.05, 0.1) is 18.5 Å². The Bertz CT molecular complexity index is 582. The van der Waals surface area contributed by atoms with Crippen molar-refractivity contribution >= 4 is 41.8 Å². The molecule has 0 unspecified atom stereocenters. The van der Waals surface area contributed by atoms with Crippen LogP contribution < -0.4 is 10.6 Å². The van der Waals surface area contributed by atoms with E-state index in [1.54, 1.807) is 23.9 Å². The third kappa shape index (κ3) is 7.55. The zero-order valence-electron chi connectivity index (χ0n) is 19.4. The molecule has 2 rings (SSSR count). The lowest BCUT2D eigenvalue weighted by Gasteiger charge is -2.33. The molecule has 0 bridgehead atoms. The van der Waals surface area contributed by atoms with Crippen LogP contribution in [-0.4, -0.2) is 99.4 Å². The second-order valence-electron chi connectivity index (χ2n) is 8.87. The van der Waals surface area contributed by atoms with Gasteiger partial charge in [-0.15, -0.1) is 24.0 Å². The van der Waals surface area contributed by atoms with E-state index in [9.17, 15) is 9.59 Å². The average Bonchev–Trinajstić information content (AvgIpc) is 3.17. The molecule has 1 heterocycles. The summed E-state index contributed by atoms with van der Waals surface area (Å²) in [6, 6.07) is 0.336. The van der Waals surface area contributed by atoms with E-state index < -0.39 is 0 Å². The first-order chi connectivity index (χ1) is 13.8. The molecular weight excluding hydrogens is 495 g/mol. The van der Waals surface area contributed by atoms with E-state index in [0.29, 0.717) is 19.1 Å². The second-order valence-corrected chi connectivity index (χ2v) is 8.87. The predicted molar refractivity (Wildman–Crippen MR) is 132 cm³/mol. The van der Waals surface area contributed by atoms with Gasteiger partial charge in [0.2, 0.25) is 11.8 Å². The number of rotatable bonds is 7. The van der Waals surface area contributed by atoms with Crippen LogP contribution in [-0.2, 0) is 9.59 Å². The smallest absolute Gasteiger partial charge is 0.236 e. The highest BCUT2D eigenvalue weighted by atomic mass is 127. The number of nitrogens with one attached hydrogen (secondary N) is 2. The van der Waals surface area contributed by atoms with Crippen LogP contribution in [0, 0.1) is 5.41 Å². The lowest BCUT2D eigenvalue weighted by molar-refractivity contribution is -0.138. The van der Waals surface area contributed by atoms with Crippen LogP contribution >= 0.6 is 24.0 Å². The van der Waals surface area contributed by atoms with E-state index in [4.69, 9.17) is 4.99 Å². The Hall–Kier alpha value is -1.10. The standard InChI is InChI=1S/C21H40N6O2.HI/c1-6-22-20(23-16-21(11-7-8-12-21)19(29)26(4)5)24-17-9-13-27(14-10-17)15-18(28)25(2)3;/h17H,6-16H2,1-5H3,(H2,22,23,24);1H. The molecule has 2 fully saturated rings. The number of carbonyl (C=O) groups is 2. The number of hydrogen-bond acceptors (Lipinski definition) is 4. The maximum absolute atomic E-state index is 12.8. The molecular formula is C21H41IN6O2. The van der Waals surface area contributed by atoms with Crippen molar-refractivity contribution in [2.45, 2.75) is 51.5 Å². The molecule has 0 atom stereocenters. The maximum atomic E-state index is 12.8. The lowest BCUT2D eigenvalue weighted by Crippen LogP contribution is -2.50. The molecule has 1 saturated carbocycles. The van der Waals surface area contributed by atoms with Crippen LogP contribution in [0.25, 0.3) is 0 Å². The van der Waals surface area contributed by atoms with Crippen LogP contribution in [0.3, 0.4) is 0 Å². The molecule has 0 aromatic carbocycles. The van der Waals surface area contributed by atoms with E-state index in [1.807, 2.05) is 14.1 Å². The van der Waals surface area contributed by atoms with Gasteiger partial charge in [-0.3, -0.25) is 19.5 Å². The van der Waals surface area contributed by atoms with Crippen molar-refractivity contribution in [2.24, 2.45) is 10.4 Å². The van der Waals surface area contributed by atoms with Crippen molar-refractivity contribution in [3.05, 3.63) is 0 Å². The summed E-state index contributed by atoms with van der Waals surface area (Å²) in [5, 5.41) is 6.89. The molecule has 0 spiro atoms. The summed E-state index contributed by atoms with van der Waals surface area (Å²) < 4.78 is 0. The molecule has 2 aliphatic rings. The summed E-state index contributed by atoms with van der Waals surface area (Å²) in [5.41, 5.74) is -0.345. The molecule has 174 valence electrons. The van der Waals surface area contributed by atoms with Gasteiger partial charge in [0, 0.05) is 53.9 Å². The van der Waals surface area contributed by atoms with E-state index in [1.165, 1.54) is 0 Å². The number of guanidine groups is 1. The van der Waals surface area contributed by atoms with Crippen LogP contribution in [0.1, 0.15) is 45.4 Å². The second kappa shape index (κ2) is 12.7. The number of nitrogens with zero attached hydrogens (tertiary/aromatic N) is 4. The quantitative estimate of drug-likeness (QED) is 0.292. The van der Waals surface area contributed by atoms with Crippen molar-refractivity contribution in [1.82, 2.24) is 25.3 Å². The van der Waals surface area contributed by atoms with Gasteiger partial charge in [-0.25, -0.2) is 0 Å². The predicted octanol–water partition coefficient (Wildman–Crippen LogP) is 1.36. The Kier molecular flexibility index (Phi) is 11.4. The third-order valence-electron chi connectivity index (χ3n) is 6.09. The average molecular weight is 537 g/mol. The van der Waals surface area contributed by atoms with Gasteiger partial charge < -0.3 is 20.4 Å². The first-order valence-electron chi connectivity index (χ1n) is 11.0. The first-order valence-corrected chi connectivity index (χ1v) is 11.0. The molecule has 0 aromatic heterocycles. The fourth-order valence-electron chi connectivity index (χ4n) is 4.28. The van der Waals surface area contributed by atoms with Crippen LogP contribution in [0.15, 0.2) is 4.99 Å². The van der Waals surface area contributed by atoms with Crippen LogP contribution in [0.5, 0.6) is 0 Å². The van der Waals surface area contributed by atoms with Crippen molar-refractivity contribution < 1.29 is 9.59 Å². The fraction of sp³-hybridized carbons (Fsp3) is 0.857. The molecule has 8 nitrogen and oxygen atoms in total. The highest BCUT2D eigenvalue weighted by molar-refractivity contribution is 14.0. The van der Waals surface area contributed by atoms with Gasteiger partial charge in [-0.05, 0) is 32.6 Å². The molecule has 0 aromatic rings. The Labute approximate surface area is 199 Å². The Balaban J connectivity index is 0.00000450. The minimum absolute atomic E-state index is 0. The lowest BCUT2D eigenvalue weighted by atomic mass is 9.85. The van der Waals surface area contributed by atoms with Gasteiger partial charge in [0.1, 0.15) is 0 Å². The first kappa shape index (κ1) is 26.9. The van der Waals surface area contributed by atoms with Gasteiger partial charge >= 0.3 is 0 Å². The number of aliphatic imine (C=N–C) groups is 1. The van der Waals surface area contributed by atoms with Crippen molar-refractivity contribution in [3.8, 4) is 0 Å². The van der Waals surface area contributed by atoms with E-state index in [2.05, 4.69) is 22.5 Å². The molecule has 30 heavy (non-hydrogen) atoms. The normalized spacial score (nSPS) is 19.7. The number of hydrogen-bond donors (Lipinski definition) is 2.